The largest absolute Gasteiger partial charge is 0.336 e. The lowest BCUT2D eigenvalue weighted by Crippen LogP contribution is -2.53. The van der Waals surface area contributed by atoms with Gasteiger partial charge in [-0.1, -0.05) is 30.3 Å². The lowest BCUT2D eigenvalue weighted by atomic mass is 10.1. The molecule has 144 valence electrons. The Morgan fingerprint density at radius 2 is 1.85 bits per heavy atom. The van der Waals surface area contributed by atoms with Gasteiger partial charge in [0.05, 0.1) is 0 Å². The zero-order valence-corrected chi connectivity index (χ0v) is 16.4. The Morgan fingerprint density at radius 1 is 1.12 bits per heavy atom. The van der Waals surface area contributed by atoms with Crippen LogP contribution in [0.25, 0.3) is 0 Å². The van der Waals surface area contributed by atoms with Crippen LogP contribution in [0.15, 0.2) is 30.3 Å². The number of hydrogen-bond acceptors (Lipinski definition) is 3. The molecule has 0 saturated carbocycles. The maximum Gasteiger partial charge on any atom is 0.317 e. The van der Waals surface area contributed by atoms with Gasteiger partial charge in [0.25, 0.3) is 0 Å². The van der Waals surface area contributed by atoms with Crippen LogP contribution in [0.3, 0.4) is 0 Å². The van der Waals surface area contributed by atoms with Gasteiger partial charge in [-0.15, -0.1) is 0 Å². The first-order valence-electron chi connectivity index (χ1n) is 10.2. The average Bonchev–Trinajstić information content (AvgIpc) is 3.15. The first kappa shape index (κ1) is 19.2. The summed E-state index contributed by atoms with van der Waals surface area (Å²) >= 11 is 0. The van der Waals surface area contributed by atoms with E-state index in [1.54, 1.807) is 0 Å². The number of amides is 2. The van der Waals surface area contributed by atoms with E-state index in [2.05, 4.69) is 59.3 Å². The Morgan fingerprint density at radius 3 is 2.54 bits per heavy atom. The molecule has 1 atom stereocenters. The Bertz CT molecular complexity index is 554. The number of nitrogens with one attached hydrogen (secondary N) is 1. The van der Waals surface area contributed by atoms with Crippen LogP contribution in [0.4, 0.5) is 4.79 Å². The van der Waals surface area contributed by atoms with E-state index < -0.39 is 0 Å². The standard InChI is InChI=1S/C21H34N4O/c1-18(2)25-11-6-9-20(25)17-22-21(26)24-15-13-23(14-16-24)12-10-19-7-4-3-5-8-19/h3-5,7-8,18,20H,6,9-17H2,1-2H3,(H,22,26)/t20-/m1/s1. The third kappa shape index (κ3) is 5.21. The third-order valence-corrected chi connectivity index (χ3v) is 5.79. The van der Waals surface area contributed by atoms with Crippen LogP contribution in [0.5, 0.6) is 0 Å². The van der Waals surface area contributed by atoms with Gasteiger partial charge in [-0.2, -0.15) is 0 Å². The molecule has 0 unspecified atom stereocenters. The monoisotopic (exact) mass is 358 g/mol. The topological polar surface area (TPSA) is 38.8 Å². The maximum atomic E-state index is 12.5. The van der Waals surface area contributed by atoms with Gasteiger partial charge < -0.3 is 10.2 Å². The summed E-state index contributed by atoms with van der Waals surface area (Å²) in [4.78, 5) is 19.5. The lowest BCUT2D eigenvalue weighted by Gasteiger charge is -2.35. The molecule has 2 saturated heterocycles. The van der Waals surface area contributed by atoms with Crippen LogP contribution < -0.4 is 5.32 Å². The van der Waals surface area contributed by atoms with E-state index in [1.807, 2.05) is 4.90 Å². The molecule has 1 aromatic rings. The van der Waals surface area contributed by atoms with Crippen molar-refractivity contribution in [3.63, 3.8) is 0 Å². The summed E-state index contributed by atoms with van der Waals surface area (Å²) in [7, 11) is 0. The lowest BCUT2D eigenvalue weighted by molar-refractivity contribution is 0.136. The smallest absolute Gasteiger partial charge is 0.317 e. The molecule has 2 aliphatic rings. The molecule has 2 heterocycles. The molecule has 2 amide bonds. The summed E-state index contributed by atoms with van der Waals surface area (Å²) in [5.74, 6) is 0. The predicted molar refractivity (Wildman–Crippen MR) is 106 cm³/mol. The summed E-state index contributed by atoms with van der Waals surface area (Å²) in [5, 5.41) is 3.18. The van der Waals surface area contributed by atoms with Crippen LogP contribution in [0, 0.1) is 0 Å². The van der Waals surface area contributed by atoms with Gasteiger partial charge in [0.2, 0.25) is 0 Å². The van der Waals surface area contributed by atoms with E-state index >= 15 is 0 Å². The molecule has 1 aromatic carbocycles. The maximum absolute atomic E-state index is 12.5. The number of carbonyl (C=O) groups excluding carboxylic acids is 1. The first-order chi connectivity index (χ1) is 12.6. The van der Waals surface area contributed by atoms with E-state index in [9.17, 15) is 4.79 Å². The second kappa shape index (κ2) is 9.38. The highest BCUT2D eigenvalue weighted by Gasteiger charge is 2.28. The van der Waals surface area contributed by atoms with Crippen molar-refractivity contribution in [1.29, 1.82) is 0 Å². The van der Waals surface area contributed by atoms with Crippen molar-refractivity contribution in [2.75, 3.05) is 45.8 Å². The summed E-state index contributed by atoms with van der Waals surface area (Å²) in [5.41, 5.74) is 1.39. The molecular formula is C21H34N4O. The van der Waals surface area contributed by atoms with E-state index in [0.717, 1.165) is 52.2 Å². The van der Waals surface area contributed by atoms with Gasteiger partial charge in [-0.3, -0.25) is 9.80 Å². The molecule has 2 aliphatic heterocycles. The van der Waals surface area contributed by atoms with Crippen LogP contribution >= 0.6 is 0 Å². The third-order valence-electron chi connectivity index (χ3n) is 5.79. The quantitative estimate of drug-likeness (QED) is 0.849. The molecule has 2 fully saturated rings. The summed E-state index contributed by atoms with van der Waals surface area (Å²) in [6.07, 6.45) is 3.53. The van der Waals surface area contributed by atoms with Gasteiger partial charge >= 0.3 is 6.03 Å². The van der Waals surface area contributed by atoms with Crippen molar-refractivity contribution in [2.45, 2.75) is 45.2 Å². The van der Waals surface area contributed by atoms with E-state index in [4.69, 9.17) is 0 Å². The van der Waals surface area contributed by atoms with Gasteiger partial charge in [-0.05, 0) is 45.2 Å². The average molecular weight is 359 g/mol. The minimum atomic E-state index is 0.114. The number of likely N-dealkylation sites (tertiary alicyclic amines) is 1. The molecule has 5 nitrogen and oxygen atoms in total. The molecule has 26 heavy (non-hydrogen) atoms. The fourth-order valence-electron chi connectivity index (χ4n) is 4.18. The van der Waals surface area contributed by atoms with Gasteiger partial charge in [-0.25, -0.2) is 4.79 Å². The number of piperazine rings is 1. The number of nitrogens with zero attached hydrogens (tertiary/aromatic N) is 3. The number of urea groups is 1. The highest BCUT2D eigenvalue weighted by atomic mass is 16.2. The molecule has 0 bridgehead atoms. The normalized spacial score (nSPS) is 22.1. The number of benzene rings is 1. The summed E-state index contributed by atoms with van der Waals surface area (Å²) < 4.78 is 0. The fourth-order valence-corrected chi connectivity index (χ4v) is 4.18. The Kier molecular flexibility index (Phi) is 6.92. The number of carbonyl (C=O) groups is 1. The molecule has 0 aromatic heterocycles. The molecular weight excluding hydrogens is 324 g/mol. The first-order valence-corrected chi connectivity index (χ1v) is 10.2. The molecule has 5 heteroatoms. The van der Waals surface area contributed by atoms with E-state index in [0.29, 0.717) is 12.1 Å². The van der Waals surface area contributed by atoms with Crippen LogP contribution in [-0.4, -0.2) is 78.6 Å². The van der Waals surface area contributed by atoms with Crippen molar-refractivity contribution in [3.8, 4) is 0 Å². The fraction of sp³-hybridized carbons (Fsp3) is 0.667. The molecule has 0 radical (unpaired) electrons. The minimum absolute atomic E-state index is 0.114. The van der Waals surface area contributed by atoms with E-state index in [1.165, 1.54) is 18.4 Å². The minimum Gasteiger partial charge on any atom is -0.336 e. The van der Waals surface area contributed by atoms with Crippen LogP contribution in [0.2, 0.25) is 0 Å². The van der Waals surface area contributed by atoms with Crippen molar-refractivity contribution < 1.29 is 4.79 Å². The van der Waals surface area contributed by atoms with Crippen molar-refractivity contribution in [2.24, 2.45) is 0 Å². The number of rotatable bonds is 6. The van der Waals surface area contributed by atoms with Crippen molar-refractivity contribution >= 4 is 6.03 Å². The number of hydrogen-bond donors (Lipinski definition) is 1. The molecule has 0 aliphatic carbocycles. The SMILES string of the molecule is CC(C)N1CCC[C@@H]1CNC(=O)N1CCN(CCc2ccccc2)CC1. The molecule has 0 spiro atoms. The Hall–Kier alpha value is -1.59. The zero-order valence-electron chi connectivity index (χ0n) is 16.4. The van der Waals surface area contributed by atoms with Crippen molar-refractivity contribution in [1.82, 2.24) is 20.0 Å². The van der Waals surface area contributed by atoms with Crippen molar-refractivity contribution in [3.05, 3.63) is 35.9 Å². The molecule has 1 N–H and O–H groups in total. The van der Waals surface area contributed by atoms with Gasteiger partial charge in [0.15, 0.2) is 0 Å². The summed E-state index contributed by atoms with van der Waals surface area (Å²) in [6, 6.07) is 11.8. The van der Waals surface area contributed by atoms with Gasteiger partial charge in [0.1, 0.15) is 0 Å². The van der Waals surface area contributed by atoms with Gasteiger partial charge in [0, 0.05) is 51.4 Å². The van der Waals surface area contributed by atoms with E-state index in [-0.39, 0.29) is 6.03 Å². The van der Waals surface area contributed by atoms with Crippen LogP contribution in [-0.2, 0) is 6.42 Å². The predicted octanol–water partition coefficient (Wildman–Crippen LogP) is 2.43. The highest BCUT2D eigenvalue weighted by Crippen LogP contribution is 2.19. The summed E-state index contributed by atoms with van der Waals surface area (Å²) in [6.45, 7) is 11.1. The Labute approximate surface area is 158 Å². The zero-order chi connectivity index (χ0) is 18.4. The Balaban J connectivity index is 1.35. The second-order valence-electron chi connectivity index (χ2n) is 7.88. The van der Waals surface area contributed by atoms with Crippen LogP contribution in [0.1, 0.15) is 32.3 Å². The second-order valence-corrected chi connectivity index (χ2v) is 7.88. The highest BCUT2D eigenvalue weighted by molar-refractivity contribution is 5.74. The molecule has 3 rings (SSSR count).